The van der Waals surface area contributed by atoms with Crippen LogP contribution in [-0.2, 0) is 5.75 Å². The van der Waals surface area contributed by atoms with E-state index in [9.17, 15) is 9.18 Å². The Balaban J connectivity index is 1.45. The van der Waals surface area contributed by atoms with Gasteiger partial charge in [0, 0.05) is 5.75 Å². The fourth-order valence-corrected chi connectivity index (χ4v) is 4.76. The van der Waals surface area contributed by atoms with Crippen molar-refractivity contribution >= 4 is 57.3 Å². The Labute approximate surface area is 206 Å². The fourth-order valence-electron chi connectivity index (χ4n) is 2.75. The summed E-state index contributed by atoms with van der Waals surface area (Å²) in [6.45, 7) is 2.16. The van der Waals surface area contributed by atoms with Crippen molar-refractivity contribution in [2.75, 3.05) is 11.9 Å². The van der Waals surface area contributed by atoms with Gasteiger partial charge in [0.15, 0.2) is 15.8 Å². The Bertz CT molecular complexity index is 1280. The summed E-state index contributed by atoms with van der Waals surface area (Å²) in [4.78, 5) is 12.8. The van der Waals surface area contributed by atoms with Gasteiger partial charge in [-0.2, -0.15) is 5.10 Å². The molecule has 12 heteroatoms. The first kappa shape index (κ1) is 23.5. The normalized spacial score (nSPS) is 10.9. The number of amides is 1. The molecule has 4 rings (SSSR count). The number of ether oxygens (including phenoxy) is 1. The van der Waals surface area contributed by atoms with E-state index < -0.39 is 5.91 Å². The van der Waals surface area contributed by atoms with Gasteiger partial charge in [-0.15, -0.1) is 10.2 Å². The number of aromatic nitrogens is 4. The van der Waals surface area contributed by atoms with Crippen molar-refractivity contribution < 1.29 is 13.9 Å². The largest absolute Gasteiger partial charge is 0.490 e. The minimum Gasteiger partial charge on any atom is -0.490 e. The molecule has 7 nitrogen and oxygen atoms in total. The van der Waals surface area contributed by atoms with Crippen molar-refractivity contribution in [1.82, 2.24) is 20.0 Å². The first-order valence-corrected chi connectivity index (χ1v) is 12.2. The number of benzene rings is 2. The lowest BCUT2D eigenvalue weighted by molar-refractivity contribution is 0.101. The lowest BCUT2D eigenvalue weighted by Gasteiger charge is -2.02. The minimum atomic E-state index is -0.489. The summed E-state index contributed by atoms with van der Waals surface area (Å²) in [6.07, 6.45) is 1.57. The third-order valence-electron chi connectivity index (χ3n) is 4.26. The molecule has 2 heterocycles. The van der Waals surface area contributed by atoms with E-state index in [1.54, 1.807) is 37.4 Å². The molecule has 0 atom stereocenters. The molecule has 0 aliphatic carbocycles. The van der Waals surface area contributed by atoms with Crippen molar-refractivity contribution in [2.24, 2.45) is 0 Å². The van der Waals surface area contributed by atoms with E-state index >= 15 is 0 Å². The van der Waals surface area contributed by atoms with Crippen LogP contribution in [0.1, 0.15) is 23.0 Å². The van der Waals surface area contributed by atoms with Gasteiger partial charge in [0.1, 0.15) is 5.82 Å². The molecule has 33 heavy (non-hydrogen) atoms. The fraction of sp³-hybridized carbons (Fsp3) is 0.143. The number of nitrogens with zero attached hydrogens (tertiary/aromatic N) is 4. The van der Waals surface area contributed by atoms with Gasteiger partial charge in [0.2, 0.25) is 5.13 Å². The Hall–Kier alpha value is -2.66. The van der Waals surface area contributed by atoms with E-state index in [-0.39, 0.29) is 11.5 Å². The number of nitrogens with one attached hydrogen (secondary N) is 1. The number of thioether (sulfide) groups is 1. The van der Waals surface area contributed by atoms with Gasteiger partial charge in [-0.3, -0.25) is 10.1 Å². The van der Waals surface area contributed by atoms with E-state index in [0.717, 1.165) is 5.56 Å². The molecule has 0 bridgehead atoms. The van der Waals surface area contributed by atoms with Crippen LogP contribution in [0.5, 0.6) is 5.75 Å². The highest BCUT2D eigenvalue weighted by molar-refractivity contribution is 8.00. The molecule has 0 saturated heterocycles. The molecule has 0 fully saturated rings. The Kier molecular flexibility index (Phi) is 7.49. The highest BCUT2D eigenvalue weighted by atomic mass is 35.5. The van der Waals surface area contributed by atoms with Gasteiger partial charge >= 0.3 is 0 Å². The van der Waals surface area contributed by atoms with Crippen LogP contribution < -0.4 is 10.1 Å². The van der Waals surface area contributed by atoms with E-state index in [1.165, 1.54) is 39.9 Å². The summed E-state index contributed by atoms with van der Waals surface area (Å²) in [5, 5.41) is 16.5. The number of hydrogen-bond acceptors (Lipinski definition) is 7. The smallest absolute Gasteiger partial charge is 0.281 e. The monoisotopic (exact) mass is 523 g/mol. The van der Waals surface area contributed by atoms with E-state index in [0.29, 0.717) is 43.3 Å². The predicted octanol–water partition coefficient (Wildman–Crippen LogP) is 6.11. The number of carbonyl (C=O) groups excluding carboxylic acids is 1. The maximum Gasteiger partial charge on any atom is 0.281 e. The summed E-state index contributed by atoms with van der Waals surface area (Å²) >= 11 is 14.7. The Morgan fingerprint density at radius 2 is 1.97 bits per heavy atom. The van der Waals surface area contributed by atoms with Crippen LogP contribution in [-0.4, -0.2) is 32.5 Å². The number of rotatable bonds is 8. The van der Waals surface area contributed by atoms with Gasteiger partial charge in [-0.25, -0.2) is 9.07 Å². The third-order valence-corrected chi connectivity index (χ3v) is 7.04. The first-order valence-electron chi connectivity index (χ1n) is 9.63. The molecule has 0 spiro atoms. The molecule has 0 radical (unpaired) electrons. The van der Waals surface area contributed by atoms with Crippen LogP contribution >= 0.6 is 46.3 Å². The standard InChI is InChI=1S/C21H16Cl2FN5O2S2/c1-2-31-17-10-29(14-6-4-13(24)5-7-14)28-18(17)19(30)25-20-26-27-21(33-20)32-11-12-3-8-15(22)16(23)9-12/h3-10H,2,11H2,1H3,(H,25,26,30). The van der Waals surface area contributed by atoms with Gasteiger partial charge in [0.25, 0.3) is 5.91 Å². The Morgan fingerprint density at radius 1 is 1.18 bits per heavy atom. The molecule has 0 unspecified atom stereocenters. The summed E-state index contributed by atoms with van der Waals surface area (Å²) in [5.74, 6) is 0.0725. The zero-order valence-corrected chi connectivity index (χ0v) is 20.2. The molecule has 170 valence electrons. The van der Waals surface area contributed by atoms with Crippen LogP contribution in [0.4, 0.5) is 9.52 Å². The Morgan fingerprint density at radius 3 is 2.70 bits per heavy atom. The summed E-state index contributed by atoms with van der Waals surface area (Å²) < 4.78 is 20.9. The van der Waals surface area contributed by atoms with Crippen molar-refractivity contribution in [2.45, 2.75) is 17.0 Å². The number of anilines is 1. The number of halogens is 3. The van der Waals surface area contributed by atoms with Crippen LogP contribution in [0.25, 0.3) is 5.69 Å². The highest BCUT2D eigenvalue weighted by Gasteiger charge is 2.20. The minimum absolute atomic E-state index is 0.0846. The number of hydrogen-bond donors (Lipinski definition) is 1. The van der Waals surface area contributed by atoms with Crippen LogP contribution in [0.15, 0.2) is 53.0 Å². The molecule has 0 aliphatic heterocycles. The molecule has 0 saturated carbocycles. The maximum absolute atomic E-state index is 13.2. The zero-order valence-electron chi connectivity index (χ0n) is 17.1. The second-order valence-electron chi connectivity index (χ2n) is 6.56. The second kappa shape index (κ2) is 10.5. The summed E-state index contributed by atoms with van der Waals surface area (Å²) in [6, 6.07) is 11.2. The highest BCUT2D eigenvalue weighted by Crippen LogP contribution is 2.31. The van der Waals surface area contributed by atoms with Crippen molar-refractivity contribution in [3.8, 4) is 11.4 Å². The molecule has 0 aliphatic rings. The lowest BCUT2D eigenvalue weighted by Crippen LogP contribution is -2.14. The number of carbonyl (C=O) groups is 1. The van der Waals surface area contributed by atoms with E-state index in [2.05, 4.69) is 20.6 Å². The average Bonchev–Trinajstić information content (AvgIpc) is 3.42. The third kappa shape index (κ3) is 5.83. The molecule has 1 amide bonds. The van der Waals surface area contributed by atoms with Crippen molar-refractivity contribution in [1.29, 1.82) is 0 Å². The average molecular weight is 524 g/mol. The van der Waals surface area contributed by atoms with Gasteiger partial charge in [0.05, 0.1) is 28.5 Å². The van der Waals surface area contributed by atoms with Crippen LogP contribution in [0, 0.1) is 5.82 Å². The molecular weight excluding hydrogens is 508 g/mol. The second-order valence-corrected chi connectivity index (χ2v) is 9.57. The van der Waals surface area contributed by atoms with Gasteiger partial charge < -0.3 is 4.74 Å². The molecule has 1 N–H and O–H groups in total. The quantitative estimate of drug-likeness (QED) is 0.221. The van der Waals surface area contributed by atoms with Gasteiger partial charge in [-0.05, 0) is 48.9 Å². The van der Waals surface area contributed by atoms with E-state index in [1.807, 2.05) is 6.07 Å². The van der Waals surface area contributed by atoms with Crippen molar-refractivity contribution in [3.63, 3.8) is 0 Å². The molecular formula is C21H16Cl2FN5O2S2. The van der Waals surface area contributed by atoms with E-state index in [4.69, 9.17) is 27.9 Å². The van der Waals surface area contributed by atoms with Crippen LogP contribution in [0.3, 0.4) is 0 Å². The lowest BCUT2D eigenvalue weighted by atomic mass is 10.2. The first-order chi connectivity index (χ1) is 15.9. The molecule has 4 aromatic rings. The SMILES string of the molecule is CCOc1cn(-c2ccc(F)cc2)nc1C(=O)Nc1nnc(SCc2ccc(Cl)c(Cl)c2)s1. The molecule has 2 aromatic carbocycles. The summed E-state index contributed by atoms with van der Waals surface area (Å²) in [5.41, 5.74) is 1.66. The predicted molar refractivity (Wildman–Crippen MR) is 129 cm³/mol. The maximum atomic E-state index is 13.2. The molecule has 2 aromatic heterocycles. The van der Waals surface area contributed by atoms with Crippen LogP contribution in [0.2, 0.25) is 10.0 Å². The zero-order chi connectivity index (χ0) is 23.4. The topological polar surface area (TPSA) is 81.9 Å². The van der Waals surface area contributed by atoms with Gasteiger partial charge in [-0.1, -0.05) is 52.4 Å². The van der Waals surface area contributed by atoms with Crippen molar-refractivity contribution in [3.05, 3.63) is 75.8 Å². The summed E-state index contributed by atoms with van der Waals surface area (Å²) in [7, 11) is 0.